The molecule has 2 unspecified atom stereocenters. The molecule has 0 aliphatic rings. The lowest BCUT2D eigenvalue weighted by Crippen LogP contribution is -3.10. The lowest BCUT2D eigenvalue weighted by molar-refractivity contribution is -0.883. The summed E-state index contributed by atoms with van der Waals surface area (Å²) in [7, 11) is 2.03. The molecule has 3 N–H and O–H groups in total. The molecule has 21 heavy (non-hydrogen) atoms. The number of hydrogen-bond acceptors (Lipinski definition) is 2. The van der Waals surface area contributed by atoms with Crippen molar-refractivity contribution in [2.24, 2.45) is 0 Å². The van der Waals surface area contributed by atoms with Crippen LogP contribution >= 0.6 is 0 Å². The molecule has 0 aliphatic heterocycles. The molecule has 0 aromatic rings. The number of quaternary nitrogens is 1. The molecular weight excluding hydrogens is 286 g/mol. The van der Waals surface area contributed by atoms with Gasteiger partial charge in [0.05, 0.1) is 13.7 Å². The van der Waals surface area contributed by atoms with Crippen molar-refractivity contribution in [3.63, 3.8) is 0 Å². The van der Waals surface area contributed by atoms with E-state index in [1.165, 1.54) is 62.7 Å². The first-order valence-corrected chi connectivity index (χ1v) is 8.81. The average molecular weight is 324 g/mol. The molecule has 4 heteroatoms. The van der Waals surface area contributed by atoms with Gasteiger partial charge in [0.1, 0.15) is 19.2 Å². The number of unbranched alkanes of at least 4 members (excludes halogenated alkanes) is 9. The molecule has 0 bridgehead atoms. The Bertz CT molecular complexity index is 194. The van der Waals surface area contributed by atoms with Crippen LogP contribution in [0.3, 0.4) is 0 Å². The van der Waals surface area contributed by atoms with Crippen LogP contribution in [0, 0.1) is 0 Å². The van der Waals surface area contributed by atoms with Crippen molar-refractivity contribution in [3.05, 3.63) is 0 Å². The fraction of sp³-hybridized carbons (Fsp3) is 1.00. The highest BCUT2D eigenvalue weighted by atomic mass is 35.5. The largest absolute Gasteiger partial charge is 1.00 e. The summed E-state index contributed by atoms with van der Waals surface area (Å²) in [4.78, 5) is 1.21. The molecule has 0 aromatic heterocycles. The second kappa shape index (κ2) is 18.2. The molecule has 0 fully saturated rings. The van der Waals surface area contributed by atoms with E-state index in [9.17, 15) is 5.11 Å². The summed E-state index contributed by atoms with van der Waals surface area (Å²) in [5.41, 5.74) is 0. The second-order valence-corrected chi connectivity index (χ2v) is 6.26. The van der Waals surface area contributed by atoms with Crippen molar-refractivity contribution in [3.8, 4) is 0 Å². The van der Waals surface area contributed by atoms with Crippen molar-refractivity contribution in [2.75, 3.05) is 26.7 Å². The number of hydrogen-bond donors (Lipinski definition) is 3. The van der Waals surface area contributed by atoms with Crippen LogP contribution in [0.15, 0.2) is 0 Å². The van der Waals surface area contributed by atoms with E-state index in [0.717, 1.165) is 25.9 Å². The third kappa shape index (κ3) is 18.1. The maximum absolute atomic E-state index is 9.87. The van der Waals surface area contributed by atoms with E-state index in [0.29, 0.717) is 0 Å². The zero-order valence-electron chi connectivity index (χ0n) is 14.2. The Balaban J connectivity index is 0. The zero-order chi connectivity index (χ0) is 15.1. The lowest BCUT2D eigenvalue weighted by Gasteiger charge is -2.16. The monoisotopic (exact) mass is 323 g/mol. The summed E-state index contributed by atoms with van der Waals surface area (Å²) in [5, 5.41) is 18.7. The highest BCUT2D eigenvalue weighted by Crippen LogP contribution is 2.11. The molecule has 0 aromatic carbocycles. The quantitative estimate of drug-likeness (QED) is 0.344. The number of rotatable bonds is 15. The lowest BCUT2D eigenvalue weighted by atomic mass is 10.0. The van der Waals surface area contributed by atoms with Gasteiger partial charge in [0.25, 0.3) is 0 Å². The van der Waals surface area contributed by atoms with Crippen molar-refractivity contribution >= 4 is 0 Å². The van der Waals surface area contributed by atoms with Crippen LogP contribution in [0.2, 0.25) is 0 Å². The van der Waals surface area contributed by atoms with Crippen LogP contribution in [-0.2, 0) is 0 Å². The topological polar surface area (TPSA) is 44.9 Å². The molecule has 0 spiro atoms. The molecule has 0 heterocycles. The van der Waals surface area contributed by atoms with Crippen molar-refractivity contribution < 1.29 is 27.5 Å². The van der Waals surface area contributed by atoms with E-state index in [2.05, 4.69) is 6.92 Å². The van der Waals surface area contributed by atoms with E-state index in [4.69, 9.17) is 5.11 Å². The Morgan fingerprint density at radius 3 is 1.81 bits per heavy atom. The summed E-state index contributed by atoms with van der Waals surface area (Å²) in [5.74, 6) is 0. The van der Waals surface area contributed by atoms with Crippen LogP contribution < -0.4 is 17.3 Å². The average Bonchev–Trinajstić information content (AvgIpc) is 2.41. The zero-order valence-corrected chi connectivity index (χ0v) is 15.0. The molecule has 0 saturated heterocycles. The molecule has 3 nitrogen and oxygen atoms in total. The SMILES string of the molecule is CCCCCCCCCCCCC(O)C[NH+](C)CCO.[Cl-]. The predicted octanol–water partition coefficient (Wildman–Crippen LogP) is -0.831. The summed E-state index contributed by atoms with van der Waals surface area (Å²) in [6.45, 7) is 3.96. The maximum atomic E-state index is 9.87. The van der Waals surface area contributed by atoms with Gasteiger partial charge in [0.2, 0.25) is 0 Å². The molecule has 0 radical (unpaired) electrons. The Hall–Kier alpha value is 0.170. The first-order chi connectivity index (χ1) is 9.70. The van der Waals surface area contributed by atoms with E-state index in [1.54, 1.807) is 0 Å². The van der Waals surface area contributed by atoms with E-state index in [-0.39, 0.29) is 25.1 Å². The number of nitrogens with one attached hydrogen (secondary N) is 1. The highest BCUT2D eigenvalue weighted by molar-refractivity contribution is 4.54. The Kier molecular flexibility index (Phi) is 20.3. The first-order valence-electron chi connectivity index (χ1n) is 8.81. The summed E-state index contributed by atoms with van der Waals surface area (Å²) >= 11 is 0. The molecule has 130 valence electrons. The Morgan fingerprint density at radius 2 is 1.33 bits per heavy atom. The van der Waals surface area contributed by atoms with Gasteiger partial charge in [0, 0.05) is 0 Å². The number of halogens is 1. The van der Waals surface area contributed by atoms with Gasteiger partial charge >= 0.3 is 0 Å². The van der Waals surface area contributed by atoms with Gasteiger partial charge in [0.15, 0.2) is 0 Å². The standard InChI is InChI=1S/C17H37NO2.ClH/c1-3-4-5-6-7-8-9-10-11-12-13-17(20)16-18(2)14-15-19;/h17,19-20H,3-16H2,1-2H3;1H. The molecule has 0 saturated carbocycles. The van der Waals surface area contributed by atoms with Gasteiger partial charge in [-0.1, -0.05) is 71.1 Å². The number of likely N-dealkylation sites (N-methyl/N-ethyl adjacent to an activating group) is 1. The van der Waals surface area contributed by atoms with E-state index < -0.39 is 0 Å². The second-order valence-electron chi connectivity index (χ2n) is 6.26. The first kappa shape index (κ1) is 23.4. The van der Waals surface area contributed by atoms with Gasteiger partial charge < -0.3 is 27.5 Å². The number of aliphatic hydroxyl groups excluding tert-OH is 2. The minimum atomic E-state index is -0.199. The van der Waals surface area contributed by atoms with E-state index in [1.807, 2.05) is 7.05 Å². The number of aliphatic hydroxyl groups is 2. The van der Waals surface area contributed by atoms with Crippen LogP contribution in [-0.4, -0.2) is 43.1 Å². The molecule has 2 atom stereocenters. The van der Waals surface area contributed by atoms with Crippen LogP contribution in [0.1, 0.15) is 77.6 Å². The molecular formula is C17H38ClNO2. The molecule has 0 aliphatic carbocycles. The minimum absolute atomic E-state index is 0. The van der Waals surface area contributed by atoms with Crippen LogP contribution in [0.4, 0.5) is 0 Å². The summed E-state index contributed by atoms with van der Waals surface area (Å²) in [6, 6.07) is 0. The molecule has 0 amide bonds. The van der Waals surface area contributed by atoms with Gasteiger partial charge in [-0.25, -0.2) is 0 Å². The minimum Gasteiger partial charge on any atom is -1.00 e. The summed E-state index contributed by atoms with van der Waals surface area (Å²) < 4.78 is 0. The van der Waals surface area contributed by atoms with Crippen molar-refractivity contribution in [2.45, 2.75) is 83.7 Å². The van der Waals surface area contributed by atoms with Crippen LogP contribution in [0.25, 0.3) is 0 Å². The predicted molar refractivity (Wildman–Crippen MR) is 86.2 cm³/mol. The van der Waals surface area contributed by atoms with Crippen LogP contribution in [0.5, 0.6) is 0 Å². The van der Waals surface area contributed by atoms with Gasteiger partial charge in [-0.15, -0.1) is 0 Å². The van der Waals surface area contributed by atoms with Crippen molar-refractivity contribution in [1.29, 1.82) is 0 Å². The smallest absolute Gasteiger partial charge is 0.103 e. The molecule has 0 rings (SSSR count). The third-order valence-electron chi connectivity index (χ3n) is 4.01. The summed E-state index contributed by atoms with van der Waals surface area (Å²) in [6.07, 6.45) is 14.1. The normalized spacial score (nSPS) is 13.7. The Morgan fingerprint density at radius 1 is 0.857 bits per heavy atom. The maximum Gasteiger partial charge on any atom is 0.103 e. The Labute approximate surface area is 138 Å². The fourth-order valence-corrected chi connectivity index (χ4v) is 2.66. The van der Waals surface area contributed by atoms with Gasteiger partial charge in [-0.3, -0.25) is 0 Å². The van der Waals surface area contributed by atoms with Gasteiger partial charge in [-0.05, 0) is 6.42 Å². The fourth-order valence-electron chi connectivity index (χ4n) is 2.66. The highest BCUT2D eigenvalue weighted by Gasteiger charge is 2.10. The van der Waals surface area contributed by atoms with Crippen molar-refractivity contribution in [1.82, 2.24) is 0 Å². The van der Waals surface area contributed by atoms with Gasteiger partial charge in [-0.2, -0.15) is 0 Å². The third-order valence-corrected chi connectivity index (χ3v) is 4.01. The van der Waals surface area contributed by atoms with E-state index >= 15 is 0 Å².